The number of nitrogens with zero attached hydrogens (tertiary/aromatic N) is 3. The van der Waals surface area contributed by atoms with E-state index in [2.05, 4.69) is 22.0 Å². The third-order valence-corrected chi connectivity index (χ3v) is 4.69. The summed E-state index contributed by atoms with van der Waals surface area (Å²) < 4.78 is 21.0. The summed E-state index contributed by atoms with van der Waals surface area (Å²) in [4.78, 5) is 17.4. The predicted molar refractivity (Wildman–Crippen MR) is 122 cm³/mol. The van der Waals surface area contributed by atoms with Crippen LogP contribution in [0.3, 0.4) is 0 Å². The lowest BCUT2D eigenvalue weighted by atomic mass is 10.1. The largest absolute Gasteiger partial charge is 0.491 e. The second-order valence-electron chi connectivity index (χ2n) is 7.12. The Morgan fingerprint density at radius 1 is 1.36 bits per heavy atom. The molecule has 172 valence electrons. The van der Waals surface area contributed by atoms with Gasteiger partial charge in [0.2, 0.25) is 0 Å². The molecule has 1 unspecified atom stereocenters. The maximum absolute atomic E-state index is 14.1. The fourth-order valence-corrected chi connectivity index (χ4v) is 3.08. The summed E-state index contributed by atoms with van der Waals surface area (Å²) in [6, 6.07) is 10.5. The number of aryl methyl sites for hydroxylation is 1. The molecule has 0 saturated carbocycles. The molecular formula is C24H25FN4O4. The van der Waals surface area contributed by atoms with Crippen molar-refractivity contribution in [3.05, 3.63) is 84.1 Å². The van der Waals surface area contributed by atoms with Crippen molar-refractivity contribution < 1.29 is 24.1 Å². The third-order valence-electron chi connectivity index (χ3n) is 4.69. The van der Waals surface area contributed by atoms with Crippen LogP contribution in [0.15, 0.2) is 72.7 Å². The fourth-order valence-electron chi connectivity index (χ4n) is 3.08. The van der Waals surface area contributed by atoms with Crippen molar-refractivity contribution in [3.63, 3.8) is 0 Å². The first-order valence-electron chi connectivity index (χ1n) is 10.2. The van der Waals surface area contributed by atoms with Crippen LogP contribution in [0.4, 0.5) is 4.39 Å². The molecule has 2 aromatic heterocycles. The zero-order valence-corrected chi connectivity index (χ0v) is 18.3. The minimum absolute atomic E-state index is 0.0158. The van der Waals surface area contributed by atoms with Gasteiger partial charge in [-0.25, -0.2) is 13.9 Å². The van der Waals surface area contributed by atoms with Crippen LogP contribution in [-0.2, 0) is 0 Å². The van der Waals surface area contributed by atoms with Crippen molar-refractivity contribution in [2.75, 3.05) is 13.2 Å². The number of rotatable bonds is 9. The van der Waals surface area contributed by atoms with Gasteiger partial charge >= 0.3 is 0 Å². The van der Waals surface area contributed by atoms with E-state index in [1.54, 1.807) is 37.3 Å². The zero-order chi connectivity index (χ0) is 24.0. The van der Waals surface area contributed by atoms with Crippen LogP contribution in [0, 0.1) is 6.92 Å². The summed E-state index contributed by atoms with van der Waals surface area (Å²) in [6.07, 6.45) is 3.00. The van der Waals surface area contributed by atoms with Crippen LogP contribution >= 0.6 is 0 Å². The average molecular weight is 452 g/mol. The molecule has 0 spiro atoms. The number of aromatic nitrogens is 3. The van der Waals surface area contributed by atoms with Crippen molar-refractivity contribution >= 4 is 11.6 Å². The summed E-state index contributed by atoms with van der Waals surface area (Å²) in [5, 5.41) is 25.5. The highest BCUT2D eigenvalue weighted by molar-refractivity contribution is 5.96. The molecule has 3 aromatic rings. The second kappa shape index (κ2) is 10.7. The first-order chi connectivity index (χ1) is 15.9. The number of nitrogens with one attached hydrogen (secondary N) is 1. The number of fused-ring (bicyclic) bond motifs is 1. The molecule has 3 rings (SSSR count). The van der Waals surface area contributed by atoms with Gasteiger partial charge in [-0.1, -0.05) is 24.8 Å². The molecule has 3 N–H and O–H groups in total. The summed E-state index contributed by atoms with van der Waals surface area (Å²) in [7, 11) is 0. The lowest BCUT2D eigenvalue weighted by Gasteiger charge is -2.11. The Balaban J connectivity index is 1.96. The predicted octanol–water partition coefficient (Wildman–Crippen LogP) is 3.11. The Morgan fingerprint density at radius 2 is 2.15 bits per heavy atom. The van der Waals surface area contributed by atoms with Crippen LogP contribution in [-0.4, -0.2) is 50.0 Å². The first kappa shape index (κ1) is 23.8. The number of aliphatic hydroxyl groups excluding tert-OH is 2. The van der Waals surface area contributed by atoms with Gasteiger partial charge in [-0.05, 0) is 50.3 Å². The van der Waals surface area contributed by atoms with E-state index in [1.807, 2.05) is 6.07 Å². The molecule has 1 amide bonds. The number of hydrogen-bond donors (Lipinski definition) is 3. The summed E-state index contributed by atoms with van der Waals surface area (Å²) >= 11 is 0. The van der Waals surface area contributed by atoms with Crippen LogP contribution in [0.1, 0.15) is 23.1 Å². The van der Waals surface area contributed by atoms with E-state index in [0.29, 0.717) is 28.3 Å². The van der Waals surface area contributed by atoms with Crippen molar-refractivity contribution in [2.45, 2.75) is 20.0 Å². The van der Waals surface area contributed by atoms with Crippen molar-refractivity contribution in [1.29, 1.82) is 0 Å². The second-order valence-corrected chi connectivity index (χ2v) is 7.12. The Morgan fingerprint density at radius 3 is 2.85 bits per heavy atom. The molecule has 1 atom stereocenters. The Bertz CT molecular complexity index is 1230. The molecule has 0 aliphatic heterocycles. The maximum atomic E-state index is 14.1. The molecule has 0 aliphatic carbocycles. The molecule has 0 fully saturated rings. The number of hydrogen-bond acceptors (Lipinski definition) is 6. The van der Waals surface area contributed by atoms with Crippen LogP contribution in [0.5, 0.6) is 5.75 Å². The van der Waals surface area contributed by atoms with E-state index in [-0.39, 0.29) is 18.0 Å². The number of imidazole rings is 1. The molecule has 2 heterocycles. The Hall–Kier alpha value is -3.82. The highest BCUT2D eigenvalue weighted by Crippen LogP contribution is 2.24. The van der Waals surface area contributed by atoms with Crippen molar-refractivity contribution in [2.24, 2.45) is 0 Å². The van der Waals surface area contributed by atoms with Gasteiger partial charge in [0.25, 0.3) is 5.91 Å². The highest BCUT2D eigenvalue weighted by atomic mass is 19.1. The minimum atomic E-state index is -0.981. The number of aliphatic hydroxyl groups is 2. The topological polar surface area (TPSA) is 109 Å². The van der Waals surface area contributed by atoms with Gasteiger partial charge in [-0.2, -0.15) is 5.10 Å². The van der Waals surface area contributed by atoms with Gasteiger partial charge in [0.15, 0.2) is 11.3 Å². The lowest BCUT2D eigenvalue weighted by molar-refractivity contribution is 0.0536. The summed E-state index contributed by atoms with van der Waals surface area (Å²) in [5.41, 5.74) is 2.30. The molecule has 0 aliphatic rings. The number of benzene rings is 1. The van der Waals surface area contributed by atoms with Gasteiger partial charge in [0.05, 0.1) is 23.7 Å². The molecule has 1 aromatic carbocycles. The van der Waals surface area contributed by atoms with E-state index in [4.69, 9.17) is 9.84 Å². The van der Waals surface area contributed by atoms with E-state index in [0.717, 1.165) is 0 Å². The molecule has 8 nitrogen and oxygen atoms in total. The van der Waals surface area contributed by atoms with E-state index < -0.39 is 24.4 Å². The number of halogens is 1. The standard InChI is InChI=1S/C24H25FN4O4/c1-4-7-21(19(25)5-2)27-24(32)23-15(3)26-22-11-10-20(28-29(22)23)16-8-6-9-18(12-16)33-14-17(31)13-30/h4-12,17,30-31H,1,13-14H2,2-3H3,(H,27,32). The van der Waals surface area contributed by atoms with E-state index in [1.165, 1.54) is 29.7 Å². The molecular weight excluding hydrogens is 427 g/mol. The average Bonchev–Trinajstić information content (AvgIpc) is 3.16. The number of carbonyl (C=O) groups excluding carboxylic acids is 1. The number of ether oxygens (including phenoxy) is 1. The fraction of sp³-hybridized carbons (Fsp3) is 0.208. The van der Waals surface area contributed by atoms with Crippen molar-refractivity contribution in [1.82, 2.24) is 19.9 Å². The van der Waals surface area contributed by atoms with Crippen molar-refractivity contribution in [3.8, 4) is 17.0 Å². The monoisotopic (exact) mass is 452 g/mol. The van der Waals surface area contributed by atoms with Gasteiger partial charge in [0, 0.05) is 5.56 Å². The molecule has 33 heavy (non-hydrogen) atoms. The lowest BCUT2D eigenvalue weighted by Crippen LogP contribution is -2.25. The molecule has 0 saturated heterocycles. The normalized spacial score (nSPS) is 13.1. The summed E-state index contributed by atoms with van der Waals surface area (Å²) in [5.74, 6) is -0.668. The van der Waals surface area contributed by atoms with Gasteiger partial charge < -0.3 is 20.3 Å². The van der Waals surface area contributed by atoms with Gasteiger partial charge in [-0.3, -0.25) is 4.79 Å². The van der Waals surface area contributed by atoms with Gasteiger partial charge in [-0.15, -0.1) is 0 Å². The van der Waals surface area contributed by atoms with Crippen LogP contribution < -0.4 is 10.1 Å². The molecule has 9 heteroatoms. The maximum Gasteiger partial charge on any atom is 0.276 e. The smallest absolute Gasteiger partial charge is 0.276 e. The summed E-state index contributed by atoms with van der Waals surface area (Å²) in [6.45, 7) is 6.29. The molecule has 0 radical (unpaired) electrons. The Kier molecular flexibility index (Phi) is 7.70. The highest BCUT2D eigenvalue weighted by Gasteiger charge is 2.20. The quantitative estimate of drug-likeness (QED) is 0.431. The van der Waals surface area contributed by atoms with E-state index >= 15 is 0 Å². The SMILES string of the molecule is C=CC=C(NC(=O)c1c(C)nc2ccc(-c3cccc(OCC(O)CO)c3)nn12)C(F)=CC. The number of carbonyl (C=O) groups is 1. The molecule has 0 bridgehead atoms. The van der Waals surface area contributed by atoms with Crippen LogP contribution in [0.2, 0.25) is 0 Å². The van der Waals surface area contributed by atoms with Crippen LogP contribution in [0.25, 0.3) is 16.9 Å². The van der Waals surface area contributed by atoms with E-state index in [9.17, 15) is 14.3 Å². The Labute approximate surface area is 190 Å². The first-order valence-corrected chi connectivity index (χ1v) is 10.2. The number of amides is 1. The number of allylic oxidation sites excluding steroid dienone is 4. The zero-order valence-electron chi connectivity index (χ0n) is 18.3. The minimum Gasteiger partial charge on any atom is -0.491 e. The van der Waals surface area contributed by atoms with Gasteiger partial charge in [0.1, 0.15) is 24.3 Å². The third kappa shape index (κ3) is 5.51.